The average molecular weight is 305 g/mol. The maximum Gasteiger partial charge on any atom is 0.417 e. The van der Waals surface area contributed by atoms with Crippen molar-refractivity contribution in [3.63, 3.8) is 0 Å². The third-order valence-electron chi connectivity index (χ3n) is 2.72. The van der Waals surface area contributed by atoms with Crippen LogP contribution in [0.1, 0.15) is 27.2 Å². The number of methoxy groups -OCH3 is 1. The molecule has 1 heterocycles. The molecule has 0 saturated carbocycles. The van der Waals surface area contributed by atoms with E-state index in [9.17, 15) is 18.8 Å². The van der Waals surface area contributed by atoms with Gasteiger partial charge in [-0.2, -0.15) is 0 Å². The fourth-order valence-corrected chi connectivity index (χ4v) is 1.91. The number of amides is 2. The van der Waals surface area contributed by atoms with Gasteiger partial charge in [-0.1, -0.05) is 0 Å². The van der Waals surface area contributed by atoms with Gasteiger partial charge in [-0.25, -0.2) is 18.9 Å². The molecule has 0 unspecified atom stereocenters. The van der Waals surface area contributed by atoms with Gasteiger partial charge in [0.2, 0.25) is 0 Å². The molecule has 8 heteroatoms. The van der Waals surface area contributed by atoms with E-state index in [1.807, 2.05) is 0 Å². The lowest BCUT2D eigenvalue weighted by molar-refractivity contribution is -0.149. The summed E-state index contributed by atoms with van der Waals surface area (Å²) in [7, 11) is 1.15. The van der Waals surface area contributed by atoms with Gasteiger partial charge in [-0.3, -0.25) is 4.79 Å². The summed E-state index contributed by atoms with van der Waals surface area (Å²) < 4.78 is 26.8. The van der Waals surface area contributed by atoms with Crippen molar-refractivity contribution in [2.45, 2.75) is 44.9 Å². The Morgan fingerprint density at radius 2 is 2.00 bits per heavy atom. The van der Waals surface area contributed by atoms with Crippen molar-refractivity contribution >= 4 is 18.0 Å². The maximum absolute atomic E-state index is 12.1. The summed E-state index contributed by atoms with van der Waals surface area (Å²) in [6.07, 6.45) is -2.09. The minimum Gasteiger partial charge on any atom is -0.467 e. The number of imide groups is 1. The van der Waals surface area contributed by atoms with E-state index in [0.29, 0.717) is 4.90 Å². The number of hydrogen-bond donors (Lipinski definition) is 0. The second-order valence-electron chi connectivity index (χ2n) is 5.51. The largest absolute Gasteiger partial charge is 0.467 e. The standard InChI is InChI=1S/C13H20FNO6/c1-13(2,3)21-12(18)15-8(11(17)19-4)7-9(10(15)16)20-6-5-14/h8-9H,5-7H2,1-4H3/t8-,9-/m0/s1. The quantitative estimate of drug-likeness (QED) is 0.722. The second kappa shape index (κ2) is 6.84. The van der Waals surface area contributed by atoms with Gasteiger partial charge in [0.05, 0.1) is 13.7 Å². The molecule has 1 aliphatic rings. The van der Waals surface area contributed by atoms with Gasteiger partial charge >= 0.3 is 12.1 Å². The first-order chi connectivity index (χ1) is 9.71. The van der Waals surface area contributed by atoms with Crippen molar-refractivity contribution in [2.75, 3.05) is 20.4 Å². The summed E-state index contributed by atoms with van der Waals surface area (Å²) >= 11 is 0. The van der Waals surface area contributed by atoms with E-state index in [1.54, 1.807) is 20.8 Å². The SMILES string of the molecule is COC(=O)[C@@H]1C[C@H](OCCF)C(=O)N1C(=O)OC(C)(C)C. The fraction of sp³-hybridized carbons (Fsp3) is 0.769. The highest BCUT2D eigenvalue weighted by molar-refractivity contribution is 6.01. The summed E-state index contributed by atoms with van der Waals surface area (Å²) in [5, 5.41) is 0. The molecule has 0 aromatic carbocycles. The van der Waals surface area contributed by atoms with Crippen LogP contribution in [0.5, 0.6) is 0 Å². The maximum atomic E-state index is 12.1. The van der Waals surface area contributed by atoms with Gasteiger partial charge in [0, 0.05) is 6.42 Å². The summed E-state index contributed by atoms with van der Waals surface area (Å²) in [5.41, 5.74) is -0.823. The molecule has 0 aromatic rings. The van der Waals surface area contributed by atoms with E-state index in [2.05, 4.69) is 4.74 Å². The van der Waals surface area contributed by atoms with Crippen LogP contribution in [-0.2, 0) is 23.8 Å². The topological polar surface area (TPSA) is 82.1 Å². The lowest BCUT2D eigenvalue weighted by Gasteiger charge is -2.26. The van der Waals surface area contributed by atoms with E-state index in [1.165, 1.54) is 0 Å². The molecule has 1 aliphatic heterocycles. The average Bonchev–Trinajstić information content (AvgIpc) is 2.70. The first kappa shape index (κ1) is 17.4. The predicted octanol–water partition coefficient (Wildman–Crippen LogP) is 1.05. The molecule has 1 rings (SSSR count). The Bertz CT molecular complexity index is 419. The molecule has 0 aliphatic carbocycles. The number of rotatable bonds is 4. The normalized spacial score (nSPS) is 22.3. The van der Waals surface area contributed by atoms with Gasteiger partial charge in [-0.05, 0) is 20.8 Å². The number of nitrogens with zero attached hydrogens (tertiary/aromatic N) is 1. The van der Waals surface area contributed by atoms with Crippen LogP contribution in [0.2, 0.25) is 0 Å². The number of likely N-dealkylation sites (tertiary alicyclic amines) is 1. The number of halogens is 1. The van der Waals surface area contributed by atoms with Gasteiger partial charge in [0.15, 0.2) is 0 Å². The zero-order valence-corrected chi connectivity index (χ0v) is 12.6. The van der Waals surface area contributed by atoms with Crippen LogP contribution in [0.15, 0.2) is 0 Å². The van der Waals surface area contributed by atoms with Crippen molar-refractivity contribution in [1.82, 2.24) is 4.90 Å². The van der Waals surface area contributed by atoms with E-state index in [0.717, 1.165) is 7.11 Å². The highest BCUT2D eigenvalue weighted by Crippen LogP contribution is 2.25. The molecule has 0 spiro atoms. The smallest absolute Gasteiger partial charge is 0.417 e. The summed E-state index contributed by atoms with van der Waals surface area (Å²) in [6.45, 7) is 3.85. The molecule has 1 fully saturated rings. The summed E-state index contributed by atoms with van der Waals surface area (Å²) in [6, 6.07) is -1.12. The molecule has 120 valence electrons. The molecule has 1 saturated heterocycles. The van der Waals surface area contributed by atoms with Crippen LogP contribution in [0.4, 0.5) is 9.18 Å². The molecule has 0 N–H and O–H groups in total. The molecule has 2 amide bonds. The van der Waals surface area contributed by atoms with Crippen LogP contribution >= 0.6 is 0 Å². The van der Waals surface area contributed by atoms with E-state index in [-0.39, 0.29) is 13.0 Å². The highest BCUT2D eigenvalue weighted by Gasteiger charge is 2.49. The minimum absolute atomic E-state index is 0.0786. The van der Waals surface area contributed by atoms with Gasteiger partial charge in [0.25, 0.3) is 5.91 Å². The zero-order valence-electron chi connectivity index (χ0n) is 12.6. The minimum atomic E-state index is -1.12. The summed E-state index contributed by atoms with van der Waals surface area (Å²) in [5.74, 6) is -1.48. The Balaban J connectivity index is 2.92. The number of carbonyl (C=O) groups is 3. The third kappa shape index (κ3) is 4.38. The predicted molar refractivity (Wildman–Crippen MR) is 69.2 cm³/mol. The van der Waals surface area contributed by atoms with Crippen LogP contribution in [0, 0.1) is 0 Å². The molecule has 0 radical (unpaired) electrons. The lowest BCUT2D eigenvalue weighted by atomic mass is 10.2. The van der Waals surface area contributed by atoms with Crippen LogP contribution in [0.25, 0.3) is 0 Å². The molecular formula is C13H20FNO6. The fourth-order valence-electron chi connectivity index (χ4n) is 1.91. The van der Waals surface area contributed by atoms with E-state index < -0.39 is 42.4 Å². The zero-order chi connectivity index (χ0) is 16.2. The van der Waals surface area contributed by atoms with Crippen molar-refractivity contribution in [1.29, 1.82) is 0 Å². The molecular weight excluding hydrogens is 285 g/mol. The Morgan fingerprint density at radius 1 is 1.38 bits per heavy atom. The highest BCUT2D eigenvalue weighted by atomic mass is 19.1. The Labute approximate surface area is 122 Å². The van der Waals surface area contributed by atoms with Gasteiger partial charge in [-0.15, -0.1) is 0 Å². The van der Waals surface area contributed by atoms with E-state index >= 15 is 0 Å². The van der Waals surface area contributed by atoms with Crippen molar-refractivity contribution in [2.24, 2.45) is 0 Å². The molecule has 2 atom stereocenters. The van der Waals surface area contributed by atoms with Crippen molar-refractivity contribution < 1.29 is 33.0 Å². The third-order valence-corrected chi connectivity index (χ3v) is 2.72. The van der Waals surface area contributed by atoms with Gasteiger partial charge < -0.3 is 14.2 Å². The first-order valence-electron chi connectivity index (χ1n) is 6.52. The number of hydrogen-bond acceptors (Lipinski definition) is 6. The van der Waals surface area contributed by atoms with Gasteiger partial charge in [0.1, 0.15) is 24.4 Å². The Hall–Kier alpha value is -1.70. The lowest BCUT2D eigenvalue weighted by Crippen LogP contribution is -2.46. The van der Waals surface area contributed by atoms with Crippen LogP contribution < -0.4 is 0 Å². The second-order valence-corrected chi connectivity index (χ2v) is 5.51. The number of esters is 1. The van der Waals surface area contributed by atoms with Crippen molar-refractivity contribution in [3.8, 4) is 0 Å². The van der Waals surface area contributed by atoms with Crippen LogP contribution in [0.3, 0.4) is 0 Å². The first-order valence-corrected chi connectivity index (χ1v) is 6.52. The summed E-state index contributed by atoms with van der Waals surface area (Å²) in [4.78, 5) is 36.6. The number of carbonyl (C=O) groups excluding carboxylic acids is 3. The Kier molecular flexibility index (Phi) is 5.65. The van der Waals surface area contributed by atoms with Crippen molar-refractivity contribution in [3.05, 3.63) is 0 Å². The molecule has 7 nitrogen and oxygen atoms in total. The molecule has 0 aromatic heterocycles. The van der Waals surface area contributed by atoms with E-state index in [4.69, 9.17) is 9.47 Å². The monoisotopic (exact) mass is 305 g/mol. The van der Waals surface area contributed by atoms with Crippen LogP contribution in [-0.4, -0.2) is 61.0 Å². The Morgan fingerprint density at radius 3 is 2.48 bits per heavy atom. The molecule has 21 heavy (non-hydrogen) atoms. The molecule has 0 bridgehead atoms. The number of alkyl halides is 1. The number of ether oxygens (including phenoxy) is 3.